The molecule has 1 aliphatic rings. The normalized spacial score (nSPS) is 16.4. The van der Waals surface area contributed by atoms with Crippen LogP contribution in [0.4, 0.5) is 11.5 Å². The molecule has 0 bridgehead atoms. The first-order valence-electron chi connectivity index (χ1n) is 8.96. The summed E-state index contributed by atoms with van der Waals surface area (Å²) in [6.07, 6.45) is 2.20. The predicted octanol–water partition coefficient (Wildman–Crippen LogP) is 1.98. The molecule has 1 unspecified atom stereocenters. The van der Waals surface area contributed by atoms with E-state index in [4.69, 9.17) is 4.74 Å². The Morgan fingerprint density at radius 2 is 2.04 bits per heavy atom. The summed E-state index contributed by atoms with van der Waals surface area (Å²) >= 11 is 0. The number of ether oxygens (including phenoxy) is 1. The fourth-order valence-electron chi connectivity index (χ4n) is 2.96. The van der Waals surface area contributed by atoms with Crippen LogP contribution >= 0.6 is 0 Å². The Hall–Kier alpha value is -2.93. The van der Waals surface area contributed by atoms with Crippen LogP contribution < -0.4 is 15.5 Å². The minimum atomic E-state index is -0.319. The van der Waals surface area contributed by atoms with Gasteiger partial charge in [0.1, 0.15) is 11.9 Å². The molecule has 0 saturated carbocycles. The summed E-state index contributed by atoms with van der Waals surface area (Å²) in [4.78, 5) is 30.7. The van der Waals surface area contributed by atoms with Crippen molar-refractivity contribution in [3.05, 3.63) is 53.7 Å². The monoisotopic (exact) mass is 368 g/mol. The van der Waals surface area contributed by atoms with Crippen LogP contribution in [0.1, 0.15) is 22.3 Å². The van der Waals surface area contributed by atoms with E-state index in [1.807, 2.05) is 31.2 Å². The van der Waals surface area contributed by atoms with Gasteiger partial charge in [0.2, 0.25) is 5.91 Å². The molecule has 1 aromatic carbocycles. The first kappa shape index (κ1) is 18.8. The fraction of sp³-hybridized carbons (Fsp3) is 0.350. The number of nitrogens with one attached hydrogen (secondary N) is 2. The SMILES string of the molecule is COCCNC(=O)c1ccc(NC2CCN(c3ccc(C)cc3)C2=O)nc1. The molecule has 2 N–H and O–H groups in total. The molecule has 1 aliphatic heterocycles. The molecule has 1 fully saturated rings. The molecule has 142 valence electrons. The third-order valence-corrected chi connectivity index (χ3v) is 4.49. The lowest BCUT2D eigenvalue weighted by Crippen LogP contribution is -2.33. The van der Waals surface area contributed by atoms with Gasteiger partial charge in [-0.25, -0.2) is 4.98 Å². The maximum absolute atomic E-state index is 12.7. The summed E-state index contributed by atoms with van der Waals surface area (Å²) < 4.78 is 4.90. The largest absolute Gasteiger partial charge is 0.383 e. The van der Waals surface area contributed by atoms with Gasteiger partial charge in [0.25, 0.3) is 5.91 Å². The Labute approximate surface area is 158 Å². The van der Waals surface area contributed by atoms with Gasteiger partial charge < -0.3 is 20.3 Å². The number of methoxy groups -OCH3 is 1. The van der Waals surface area contributed by atoms with E-state index in [-0.39, 0.29) is 17.9 Å². The average molecular weight is 368 g/mol. The first-order valence-corrected chi connectivity index (χ1v) is 8.96. The molecule has 1 aromatic heterocycles. The first-order chi connectivity index (χ1) is 13.1. The van der Waals surface area contributed by atoms with Gasteiger partial charge in [-0.05, 0) is 37.6 Å². The van der Waals surface area contributed by atoms with Gasteiger partial charge in [0.05, 0.1) is 12.2 Å². The number of carbonyl (C=O) groups is 2. The molecule has 2 amide bonds. The number of aryl methyl sites for hydroxylation is 1. The number of hydrogen-bond acceptors (Lipinski definition) is 5. The standard InChI is InChI=1S/C20H24N4O3/c1-14-3-6-16(7-4-14)24-11-9-17(20(24)26)23-18-8-5-15(13-22-18)19(25)21-10-12-27-2/h3-8,13,17H,9-12H2,1-2H3,(H,21,25)(H,22,23). The van der Waals surface area contributed by atoms with E-state index < -0.39 is 0 Å². The molecule has 0 radical (unpaired) electrons. The van der Waals surface area contributed by atoms with Crippen molar-refractivity contribution in [1.82, 2.24) is 10.3 Å². The quantitative estimate of drug-likeness (QED) is 0.730. The van der Waals surface area contributed by atoms with Gasteiger partial charge in [-0.2, -0.15) is 0 Å². The van der Waals surface area contributed by atoms with E-state index in [0.717, 1.165) is 11.3 Å². The van der Waals surface area contributed by atoms with Crippen molar-refractivity contribution in [2.75, 3.05) is 37.0 Å². The van der Waals surface area contributed by atoms with E-state index in [9.17, 15) is 9.59 Å². The average Bonchev–Trinajstić information content (AvgIpc) is 3.03. The molecule has 2 aromatic rings. The number of anilines is 2. The second-order valence-corrected chi connectivity index (χ2v) is 6.49. The highest BCUT2D eigenvalue weighted by Gasteiger charge is 2.32. The van der Waals surface area contributed by atoms with E-state index in [1.165, 1.54) is 6.20 Å². The smallest absolute Gasteiger partial charge is 0.252 e. The van der Waals surface area contributed by atoms with E-state index >= 15 is 0 Å². The Balaban J connectivity index is 1.58. The molecular formula is C20H24N4O3. The number of carbonyl (C=O) groups excluding carboxylic acids is 2. The lowest BCUT2D eigenvalue weighted by atomic mass is 10.2. The highest BCUT2D eigenvalue weighted by atomic mass is 16.5. The van der Waals surface area contributed by atoms with Crippen LogP contribution in [-0.2, 0) is 9.53 Å². The van der Waals surface area contributed by atoms with Gasteiger partial charge in [0, 0.05) is 32.1 Å². The number of aromatic nitrogens is 1. The van der Waals surface area contributed by atoms with Gasteiger partial charge >= 0.3 is 0 Å². The van der Waals surface area contributed by atoms with Crippen molar-refractivity contribution in [2.45, 2.75) is 19.4 Å². The zero-order valence-corrected chi connectivity index (χ0v) is 15.6. The number of nitrogens with zero attached hydrogens (tertiary/aromatic N) is 2. The van der Waals surface area contributed by atoms with Gasteiger partial charge in [-0.15, -0.1) is 0 Å². The van der Waals surface area contributed by atoms with Crippen molar-refractivity contribution in [3.63, 3.8) is 0 Å². The maximum Gasteiger partial charge on any atom is 0.252 e. The number of pyridine rings is 1. The highest BCUT2D eigenvalue weighted by Crippen LogP contribution is 2.23. The molecule has 1 atom stereocenters. The topological polar surface area (TPSA) is 83.6 Å². The second-order valence-electron chi connectivity index (χ2n) is 6.49. The fourth-order valence-corrected chi connectivity index (χ4v) is 2.96. The van der Waals surface area contributed by atoms with Crippen molar-refractivity contribution in [1.29, 1.82) is 0 Å². The Bertz CT molecular complexity index is 790. The zero-order valence-electron chi connectivity index (χ0n) is 15.6. The summed E-state index contributed by atoms with van der Waals surface area (Å²) in [6.45, 7) is 3.59. The van der Waals surface area contributed by atoms with Crippen molar-refractivity contribution in [3.8, 4) is 0 Å². The Morgan fingerprint density at radius 1 is 1.26 bits per heavy atom. The summed E-state index contributed by atoms with van der Waals surface area (Å²) in [7, 11) is 1.58. The third kappa shape index (κ3) is 4.62. The van der Waals surface area contributed by atoms with E-state index in [0.29, 0.717) is 37.5 Å². The minimum Gasteiger partial charge on any atom is -0.383 e. The lowest BCUT2D eigenvalue weighted by molar-refractivity contribution is -0.117. The number of benzene rings is 1. The molecule has 0 aliphatic carbocycles. The summed E-state index contributed by atoms with van der Waals surface area (Å²) in [5.74, 6) is 0.406. The zero-order chi connectivity index (χ0) is 19.2. The van der Waals surface area contributed by atoms with Gasteiger partial charge in [0.15, 0.2) is 0 Å². The Morgan fingerprint density at radius 3 is 2.70 bits per heavy atom. The predicted molar refractivity (Wildman–Crippen MR) is 104 cm³/mol. The summed E-state index contributed by atoms with van der Waals surface area (Å²) in [5.41, 5.74) is 2.54. The van der Waals surface area contributed by atoms with E-state index in [2.05, 4.69) is 15.6 Å². The molecular weight excluding hydrogens is 344 g/mol. The van der Waals surface area contributed by atoms with Gasteiger partial charge in [-0.3, -0.25) is 9.59 Å². The van der Waals surface area contributed by atoms with Crippen LogP contribution in [0.15, 0.2) is 42.6 Å². The van der Waals surface area contributed by atoms with Gasteiger partial charge in [-0.1, -0.05) is 17.7 Å². The summed E-state index contributed by atoms with van der Waals surface area (Å²) in [5, 5.41) is 5.91. The third-order valence-electron chi connectivity index (χ3n) is 4.49. The number of amides is 2. The van der Waals surface area contributed by atoms with Crippen LogP contribution in [0.2, 0.25) is 0 Å². The molecule has 27 heavy (non-hydrogen) atoms. The lowest BCUT2D eigenvalue weighted by Gasteiger charge is -2.17. The van der Waals surface area contributed by atoms with E-state index in [1.54, 1.807) is 24.1 Å². The van der Waals surface area contributed by atoms with Crippen molar-refractivity contribution >= 4 is 23.3 Å². The molecule has 7 nitrogen and oxygen atoms in total. The molecule has 0 spiro atoms. The summed E-state index contributed by atoms with van der Waals surface area (Å²) in [6, 6.07) is 11.0. The maximum atomic E-state index is 12.7. The molecule has 1 saturated heterocycles. The second kappa shape index (κ2) is 8.64. The minimum absolute atomic E-state index is 0.0297. The molecule has 7 heteroatoms. The molecule has 3 rings (SSSR count). The van der Waals surface area contributed by atoms with Crippen LogP contribution in [0.5, 0.6) is 0 Å². The number of hydrogen-bond donors (Lipinski definition) is 2. The highest BCUT2D eigenvalue weighted by molar-refractivity contribution is 6.01. The van der Waals surface area contributed by atoms with Crippen LogP contribution in [0.25, 0.3) is 0 Å². The van der Waals surface area contributed by atoms with Crippen molar-refractivity contribution in [2.24, 2.45) is 0 Å². The van der Waals surface area contributed by atoms with Crippen LogP contribution in [-0.4, -0.2) is 49.6 Å². The Kier molecular flexibility index (Phi) is 6.03. The van der Waals surface area contributed by atoms with Crippen LogP contribution in [0, 0.1) is 6.92 Å². The number of rotatable bonds is 7. The van der Waals surface area contributed by atoms with Crippen LogP contribution in [0.3, 0.4) is 0 Å². The molecule has 2 heterocycles. The van der Waals surface area contributed by atoms with Crippen molar-refractivity contribution < 1.29 is 14.3 Å².